The summed E-state index contributed by atoms with van der Waals surface area (Å²) in [5.74, 6) is 0. The molecular formula is C12H15FO. The molecule has 0 unspecified atom stereocenters. The monoisotopic (exact) mass is 194 g/mol. The van der Waals surface area contributed by atoms with Crippen LogP contribution in [0.25, 0.3) is 0 Å². The number of aliphatic hydroxyl groups excluding tert-OH is 1. The van der Waals surface area contributed by atoms with Crippen molar-refractivity contribution in [3.63, 3.8) is 0 Å². The van der Waals surface area contributed by atoms with Crippen LogP contribution in [-0.2, 0) is 5.41 Å². The Bertz CT molecular complexity index is 329. The van der Waals surface area contributed by atoms with Crippen molar-refractivity contribution < 1.29 is 9.50 Å². The van der Waals surface area contributed by atoms with Gasteiger partial charge in [-0.1, -0.05) is 29.8 Å². The van der Waals surface area contributed by atoms with Crippen molar-refractivity contribution >= 4 is 0 Å². The van der Waals surface area contributed by atoms with Crippen molar-refractivity contribution in [2.24, 2.45) is 0 Å². The van der Waals surface area contributed by atoms with Crippen molar-refractivity contribution in [3.05, 3.63) is 35.4 Å². The van der Waals surface area contributed by atoms with Gasteiger partial charge in [0.15, 0.2) is 0 Å². The highest BCUT2D eigenvalue weighted by Crippen LogP contribution is 2.45. The Morgan fingerprint density at radius 2 is 2.21 bits per heavy atom. The predicted molar refractivity (Wildman–Crippen MR) is 54.1 cm³/mol. The lowest BCUT2D eigenvalue weighted by molar-refractivity contribution is 0.0410. The van der Waals surface area contributed by atoms with Gasteiger partial charge in [-0.15, -0.1) is 0 Å². The van der Waals surface area contributed by atoms with Gasteiger partial charge < -0.3 is 5.11 Å². The summed E-state index contributed by atoms with van der Waals surface area (Å²) >= 11 is 0. The van der Waals surface area contributed by atoms with Crippen LogP contribution in [0.1, 0.15) is 24.0 Å². The molecule has 0 aliphatic heterocycles. The van der Waals surface area contributed by atoms with Crippen molar-refractivity contribution in [1.82, 2.24) is 0 Å². The minimum Gasteiger partial charge on any atom is -0.395 e. The topological polar surface area (TPSA) is 20.2 Å². The maximum absolute atomic E-state index is 12.9. The van der Waals surface area contributed by atoms with E-state index in [1.165, 1.54) is 0 Å². The molecule has 2 rings (SSSR count). The minimum atomic E-state index is -0.734. The smallest absolute Gasteiger partial charge is 0.102 e. The average Bonchev–Trinajstić information content (AvgIpc) is 2.12. The number of aryl methyl sites for hydroxylation is 1. The molecule has 1 aliphatic carbocycles. The zero-order valence-electron chi connectivity index (χ0n) is 8.33. The average molecular weight is 194 g/mol. The molecule has 1 saturated carbocycles. The Morgan fingerprint density at radius 1 is 1.50 bits per heavy atom. The maximum Gasteiger partial charge on any atom is 0.102 e. The van der Waals surface area contributed by atoms with Crippen LogP contribution in [-0.4, -0.2) is 17.9 Å². The van der Waals surface area contributed by atoms with E-state index in [9.17, 15) is 9.50 Å². The Morgan fingerprint density at radius 3 is 2.71 bits per heavy atom. The third-order valence-electron chi connectivity index (χ3n) is 3.16. The van der Waals surface area contributed by atoms with E-state index in [0.29, 0.717) is 12.8 Å². The molecule has 0 heterocycles. The van der Waals surface area contributed by atoms with Crippen LogP contribution in [0.5, 0.6) is 0 Å². The third kappa shape index (κ3) is 1.44. The Balaban J connectivity index is 2.29. The van der Waals surface area contributed by atoms with Gasteiger partial charge in [-0.05, 0) is 25.3 Å². The molecule has 1 aromatic rings. The number of rotatable bonds is 2. The van der Waals surface area contributed by atoms with Crippen LogP contribution < -0.4 is 0 Å². The van der Waals surface area contributed by atoms with E-state index < -0.39 is 6.17 Å². The van der Waals surface area contributed by atoms with Crippen LogP contribution in [0.4, 0.5) is 4.39 Å². The second kappa shape index (κ2) is 3.35. The number of alkyl halides is 1. The van der Waals surface area contributed by atoms with Gasteiger partial charge in [-0.25, -0.2) is 4.39 Å². The number of halogens is 1. The van der Waals surface area contributed by atoms with Gasteiger partial charge >= 0.3 is 0 Å². The van der Waals surface area contributed by atoms with E-state index in [-0.39, 0.29) is 12.0 Å². The van der Waals surface area contributed by atoms with E-state index in [1.54, 1.807) is 0 Å². The van der Waals surface area contributed by atoms with Gasteiger partial charge in [0, 0.05) is 5.41 Å². The van der Waals surface area contributed by atoms with E-state index in [1.807, 2.05) is 31.2 Å². The zero-order chi connectivity index (χ0) is 10.2. The standard InChI is InChI=1S/C12H15FO/c1-9-3-2-4-10(5-9)12(8-14)6-11(13)7-12/h2-5,11,14H,6-8H2,1H3. The van der Waals surface area contributed by atoms with Crippen LogP contribution in [0.2, 0.25) is 0 Å². The van der Waals surface area contributed by atoms with E-state index in [0.717, 1.165) is 11.1 Å². The molecule has 2 heteroatoms. The van der Waals surface area contributed by atoms with E-state index in [2.05, 4.69) is 0 Å². The number of hydrogen-bond donors (Lipinski definition) is 1. The predicted octanol–water partition coefficient (Wildman–Crippen LogP) is 2.36. The quantitative estimate of drug-likeness (QED) is 0.766. The summed E-state index contributed by atoms with van der Waals surface area (Å²) in [6.07, 6.45) is 0.197. The SMILES string of the molecule is Cc1cccc(C2(CO)CC(F)C2)c1. The van der Waals surface area contributed by atoms with Gasteiger partial charge in [0.1, 0.15) is 6.17 Å². The summed E-state index contributed by atoms with van der Waals surface area (Å²) in [5.41, 5.74) is 1.94. The molecule has 76 valence electrons. The number of aliphatic hydroxyl groups is 1. The normalized spacial score (nSPS) is 31.2. The highest BCUT2D eigenvalue weighted by Gasteiger charge is 2.45. The number of hydrogen-bond acceptors (Lipinski definition) is 1. The highest BCUT2D eigenvalue weighted by atomic mass is 19.1. The summed E-state index contributed by atoms with van der Waals surface area (Å²) in [6, 6.07) is 8.00. The van der Waals surface area contributed by atoms with Crippen molar-refractivity contribution in [1.29, 1.82) is 0 Å². The Kier molecular flexibility index (Phi) is 2.31. The lowest BCUT2D eigenvalue weighted by atomic mass is 9.64. The summed E-state index contributed by atoms with van der Waals surface area (Å²) < 4.78 is 12.9. The molecule has 1 aromatic carbocycles. The van der Waals surface area contributed by atoms with Crippen LogP contribution in [0, 0.1) is 6.92 Å². The molecule has 1 aliphatic rings. The Hall–Kier alpha value is -0.890. The van der Waals surface area contributed by atoms with Crippen molar-refractivity contribution in [2.75, 3.05) is 6.61 Å². The summed E-state index contributed by atoms with van der Waals surface area (Å²) in [7, 11) is 0. The summed E-state index contributed by atoms with van der Waals surface area (Å²) in [4.78, 5) is 0. The van der Waals surface area contributed by atoms with E-state index in [4.69, 9.17) is 0 Å². The second-order valence-corrected chi connectivity index (χ2v) is 4.31. The van der Waals surface area contributed by atoms with Crippen molar-refractivity contribution in [3.8, 4) is 0 Å². The van der Waals surface area contributed by atoms with Gasteiger partial charge in [0.05, 0.1) is 6.61 Å². The van der Waals surface area contributed by atoms with Crippen LogP contribution in [0.15, 0.2) is 24.3 Å². The number of benzene rings is 1. The van der Waals surface area contributed by atoms with Crippen LogP contribution in [0.3, 0.4) is 0 Å². The lowest BCUT2D eigenvalue weighted by Gasteiger charge is -2.43. The molecule has 14 heavy (non-hydrogen) atoms. The molecule has 0 amide bonds. The van der Waals surface area contributed by atoms with Gasteiger partial charge in [0.2, 0.25) is 0 Å². The first kappa shape index (κ1) is 9.66. The van der Waals surface area contributed by atoms with Gasteiger partial charge in [-0.2, -0.15) is 0 Å². The summed E-state index contributed by atoms with van der Waals surface area (Å²) in [5, 5.41) is 9.33. The molecule has 0 radical (unpaired) electrons. The molecule has 0 atom stereocenters. The molecule has 0 aromatic heterocycles. The van der Waals surface area contributed by atoms with E-state index >= 15 is 0 Å². The highest BCUT2D eigenvalue weighted by molar-refractivity contribution is 5.32. The first-order valence-electron chi connectivity index (χ1n) is 4.98. The fourth-order valence-corrected chi connectivity index (χ4v) is 2.22. The first-order valence-corrected chi connectivity index (χ1v) is 4.98. The maximum atomic E-state index is 12.9. The van der Waals surface area contributed by atoms with Crippen molar-refractivity contribution in [2.45, 2.75) is 31.4 Å². The fraction of sp³-hybridized carbons (Fsp3) is 0.500. The lowest BCUT2D eigenvalue weighted by Crippen LogP contribution is -2.45. The molecule has 0 saturated heterocycles. The largest absolute Gasteiger partial charge is 0.395 e. The Labute approximate surface area is 83.6 Å². The van der Waals surface area contributed by atoms with Gasteiger partial charge in [-0.3, -0.25) is 0 Å². The molecule has 1 N–H and O–H groups in total. The molecule has 0 spiro atoms. The minimum absolute atomic E-state index is 0.0525. The molecular weight excluding hydrogens is 179 g/mol. The summed E-state index contributed by atoms with van der Waals surface area (Å²) in [6.45, 7) is 2.07. The van der Waals surface area contributed by atoms with Crippen LogP contribution >= 0.6 is 0 Å². The van der Waals surface area contributed by atoms with Gasteiger partial charge in [0.25, 0.3) is 0 Å². The fourth-order valence-electron chi connectivity index (χ4n) is 2.22. The second-order valence-electron chi connectivity index (χ2n) is 4.31. The molecule has 1 fully saturated rings. The first-order chi connectivity index (χ1) is 6.66. The molecule has 1 nitrogen and oxygen atoms in total. The third-order valence-corrected chi connectivity index (χ3v) is 3.16. The molecule has 0 bridgehead atoms. The zero-order valence-corrected chi connectivity index (χ0v) is 8.33.